The van der Waals surface area contributed by atoms with E-state index in [4.69, 9.17) is 10.8 Å². The third kappa shape index (κ3) is 3.73. The number of carbonyl (C=O) groups is 1. The molecule has 1 aliphatic heterocycles. The number of nitrogens with two attached hydrogens (primary N) is 1. The second-order valence-electron chi connectivity index (χ2n) is 4.89. The highest BCUT2D eigenvalue weighted by molar-refractivity contribution is 5.74. The van der Waals surface area contributed by atoms with Crippen molar-refractivity contribution in [3.05, 3.63) is 29.6 Å². The number of rotatable bonds is 5. The molecule has 2 atom stereocenters. The Labute approximate surface area is 117 Å². The van der Waals surface area contributed by atoms with Crippen molar-refractivity contribution in [2.24, 2.45) is 5.73 Å². The van der Waals surface area contributed by atoms with Crippen LogP contribution in [0.3, 0.4) is 0 Å². The first-order valence-corrected chi connectivity index (χ1v) is 6.63. The minimum Gasteiger partial charge on any atom is -0.480 e. The molecule has 1 aromatic heterocycles. The first-order chi connectivity index (χ1) is 9.58. The summed E-state index contributed by atoms with van der Waals surface area (Å²) in [5, 5.41) is 22.0. The van der Waals surface area contributed by atoms with Gasteiger partial charge in [-0.25, -0.2) is 0 Å². The van der Waals surface area contributed by atoms with Crippen molar-refractivity contribution in [1.29, 1.82) is 0 Å². The molecular weight excluding hydrogens is 260 g/mol. The van der Waals surface area contributed by atoms with Gasteiger partial charge in [-0.1, -0.05) is 6.07 Å². The van der Waals surface area contributed by atoms with Crippen LogP contribution in [-0.2, 0) is 11.3 Å². The molecule has 0 amide bonds. The van der Waals surface area contributed by atoms with E-state index >= 15 is 0 Å². The first-order valence-electron chi connectivity index (χ1n) is 6.63. The molecule has 0 bridgehead atoms. The highest BCUT2D eigenvalue weighted by Crippen LogP contribution is 2.15. The number of pyridine rings is 1. The van der Waals surface area contributed by atoms with E-state index in [2.05, 4.69) is 15.2 Å². The lowest BCUT2D eigenvalue weighted by Crippen LogP contribution is -2.43. The molecule has 2 heterocycles. The van der Waals surface area contributed by atoms with Gasteiger partial charge in [0, 0.05) is 32.7 Å². The number of carboxylic acid groups (broad SMARTS) is 1. The Balaban J connectivity index is 2.05. The summed E-state index contributed by atoms with van der Waals surface area (Å²) < 4.78 is 0. The average Bonchev–Trinajstić information content (AvgIpc) is 2.47. The van der Waals surface area contributed by atoms with Gasteiger partial charge >= 0.3 is 5.97 Å². The zero-order valence-corrected chi connectivity index (χ0v) is 11.2. The van der Waals surface area contributed by atoms with Crippen LogP contribution in [0.15, 0.2) is 18.2 Å². The highest BCUT2D eigenvalue weighted by atomic mass is 16.4. The van der Waals surface area contributed by atoms with Crippen LogP contribution in [0, 0.1) is 0 Å². The van der Waals surface area contributed by atoms with Gasteiger partial charge in [-0.2, -0.15) is 0 Å². The first kappa shape index (κ1) is 14.9. The Hall–Kier alpha value is -1.54. The van der Waals surface area contributed by atoms with Crippen molar-refractivity contribution < 1.29 is 15.0 Å². The number of nitrogens with zero attached hydrogens (tertiary/aromatic N) is 2. The maximum Gasteiger partial charge on any atom is 0.323 e. The number of carboxylic acids is 1. The summed E-state index contributed by atoms with van der Waals surface area (Å²) in [4.78, 5) is 17.4. The number of aliphatic hydroxyl groups excluding tert-OH is 1. The maximum atomic E-state index is 10.8. The van der Waals surface area contributed by atoms with Crippen LogP contribution >= 0.6 is 0 Å². The molecule has 110 valence electrons. The van der Waals surface area contributed by atoms with Gasteiger partial charge in [-0.05, 0) is 12.1 Å². The quantitative estimate of drug-likeness (QED) is 0.543. The van der Waals surface area contributed by atoms with Crippen molar-refractivity contribution in [2.75, 3.05) is 26.2 Å². The molecule has 0 radical (unpaired) electrons. The summed E-state index contributed by atoms with van der Waals surface area (Å²) in [6.07, 6.45) is -1.30. The monoisotopic (exact) mass is 280 g/mol. The topological polar surface area (TPSA) is 112 Å². The molecular formula is C13H20N4O3. The number of aliphatic hydroxyl groups is 1. The van der Waals surface area contributed by atoms with Gasteiger partial charge in [0.1, 0.15) is 12.1 Å². The lowest BCUT2D eigenvalue weighted by molar-refractivity contribution is -0.141. The Morgan fingerprint density at radius 2 is 2.15 bits per heavy atom. The van der Waals surface area contributed by atoms with Crippen LogP contribution in [-0.4, -0.2) is 58.3 Å². The van der Waals surface area contributed by atoms with E-state index in [9.17, 15) is 9.90 Å². The van der Waals surface area contributed by atoms with Crippen LogP contribution in [0.4, 0.5) is 0 Å². The number of hydrogen-bond donors (Lipinski definition) is 4. The standard InChI is InChI=1S/C13H20N4O3/c14-11(13(19)20)12(18)10-3-1-2-9(16-10)8-17-6-4-15-5-7-17/h1-3,11-12,15,18H,4-8,14H2,(H,19,20). The van der Waals surface area contributed by atoms with Crippen molar-refractivity contribution >= 4 is 5.97 Å². The van der Waals surface area contributed by atoms with E-state index in [1.54, 1.807) is 12.1 Å². The molecule has 2 unspecified atom stereocenters. The fourth-order valence-corrected chi connectivity index (χ4v) is 2.17. The Morgan fingerprint density at radius 1 is 1.45 bits per heavy atom. The van der Waals surface area contributed by atoms with E-state index < -0.39 is 18.1 Å². The molecule has 1 aromatic rings. The molecule has 5 N–H and O–H groups in total. The molecule has 7 heteroatoms. The minimum atomic E-state index is -1.36. The Kier molecular flexibility index (Phi) is 5.02. The maximum absolute atomic E-state index is 10.8. The van der Waals surface area contributed by atoms with Crippen LogP contribution < -0.4 is 11.1 Å². The van der Waals surface area contributed by atoms with Crippen LogP contribution in [0.5, 0.6) is 0 Å². The second-order valence-corrected chi connectivity index (χ2v) is 4.89. The normalized spacial score (nSPS) is 19.5. The molecule has 1 aliphatic rings. The van der Waals surface area contributed by atoms with Gasteiger partial charge in [0.15, 0.2) is 0 Å². The minimum absolute atomic E-state index is 0.299. The molecule has 0 saturated carbocycles. The smallest absolute Gasteiger partial charge is 0.323 e. The molecule has 20 heavy (non-hydrogen) atoms. The number of aromatic nitrogens is 1. The van der Waals surface area contributed by atoms with E-state index in [-0.39, 0.29) is 0 Å². The van der Waals surface area contributed by atoms with Crippen LogP contribution in [0.2, 0.25) is 0 Å². The summed E-state index contributed by atoms with van der Waals surface area (Å²) in [7, 11) is 0. The fraction of sp³-hybridized carbons (Fsp3) is 0.538. The third-order valence-electron chi connectivity index (χ3n) is 3.35. The van der Waals surface area contributed by atoms with Gasteiger partial charge in [0.25, 0.3) is 0 Å². The van der Waals surface area contributed by atoms with Gasteiger partial charge < -0.3 is 21.3 Å². The SMILES string of the molecule is NC(C(=O)O)C(O)c1cccc(CN2CCNCC2)n1. The van der Waals surface area contributed by atoms with E-state index in [1.165, 1.54) is 0 Å². The zero-order valence-electron chi connectivity index (χ0n) is 11.2. The largest absolute Gasteiger partial charge is 0.480 e. The van der Waals surface area contributed by atoms with Crippen molar-refractivity contribution in [1.82, 2.24) is 15.2 Å². The highest BCUT2D eigenvalue weighted by Gasteiger charge is 2.24. The fourth-order valence-electron chi connectivity index (χ4n) is 2.17. The number of aliphatic carboxylic acids is 1. The molecule has 2 rings (SSSR count). The molecule has 0 spiro atoms. The molecule has 0 aliphatic carbocycles. The van der Waals surface area contributed by atoms with Gasteiger partial charge in [-0.15, -0.1) is 0 Å². The Morgan fingerprint density at radius 3 is 2.80 bits per heavy atom. The lowest BCUT2D eigenvalue weighted by atomic mass is 10.1. The average molecular weight is 280 g/mol. The van der Waals surface area contributed by atoms with Crippen molar-refractivity contribution in [3.63, 3.8) is 0 Å². The van der Waals surface area contributed by atoms with Crippen LogP contribution in [0.1, 0.15) is 17.5 Å². The molecule has 1 saturated heterocycles. The predicted octanol–water partition coefficient (Wildman–Crippen LogP) is -1.07. The molecule has 0 aromatic carbocycles. The molecule has 7 nitrogen and oxygen atoms in total. The van der Waals surface area contributed by atoms with Crippen molar-refractivity contribution in [3.8, 4) is 0 Å². The summed E-state index contributed by atoms with van der Waals surface area (Å²) in [5.41, 5.74) is 6.52. The lowest BCUT2D eigenvalue weighted by Gasteiger charge is -2.27. The van der Waals surface area contributed by atoms with Gasteiger partial charge in [-0.3, -0.25) is 14.7 Å². The molecule has 1 fully saturated rings. The van der Waals surface area contributed by atoms with E-state index in [0.29, 0.717) is 12.2 Å². The second kappa shape index (κ2) is 6.76. The summed E-state index contributed by atoms with van der Waals surface area (Å²) in [5.74, 6) is -1.24. The number of nitrogens with one attached hydrogen (secondary N) is 1. The summed E-state index contributed by atoms with van der Waals surface area (Å²) in [6, 6.07) is 3.86. The van der Waals surface area contributed by atoms with Crippen molar-refractivity contribution in [2.45, 2.75) is 18.7 Å². The van der Waals surface area contributed by atoms with Gasteiger partial charge in [0.2, 0.25) is 0 Å². The number of piperazine rings is 1. The zero-order chi connectivity index (χ0) is 14.5. The summed E-state index contributed by atoms with van der Waals surface area (Å²) in [6.45, 7) is 4.48. The van der Waals surface area contributed by atoms with E-state index in [1.807, 2.05) is 6.07 Å². The van der Waals surface area contributed by atoms with Crippen LogP contribution in [0.25, 0.3) is 0 Å². The van der Waals surface area contributed by atoms with Gasteiger partial charge in [0.05, 0.1) is 11.4 Å². The summed E-state index contributed by atoms with van der Waals surface area (Å²) >= 11 is 0. The van der Waals surface area contributed by atoms with E-state index in [0.717, 1.165) is 31.9 Å². The number of hydrogen-bond acceptors (Lipinski definition) is 6. The predicted molar refractivity (Wildman–Crippen MR) is 73.0 cm³/mol. The Bertz CT molecular complexity index is 463. The third-order valence-corrected chi connectivity index (χ3v) is 3.35.